The van der Waals surface area contributed by atoms with Crippen LogP contribution in [0.1, 0.15) is 30.1 Å². The molecule has 0 aliphatic heterocycles. The van der Waals surface area contributed by atoms with Crippen LogP contribution in [0.15, 0.2) is 24.3 Å². The van der Waals surface area contributed by atoms with Gasteiger partial charge in [-0.1, -0.05) is 31.5 Å². The van der Waals surface area contributed by atoms with Gasteiger partial charge < -0.3 is 4.74 Å². The van der Waals surface area contributed by atoms with Crippen LogP contribution in [0, 0.1) is 6.07 Å². The Labute approximate surface area is 78.5 Å². The summed E-state index contributed by atoms with van der Waals surface area (Å²) in [6.45, 7) is 2.56. The largest absolute Gasteiger partial charge is 0.462 e. The molecule has 13 heavy (non-hydrogen) atoms. The van der Waals surface area contributed by atoms with Crippen LogP contribution in [-0.2, 0) is 4.74 Å². The molecule has 0 aliphatic rings. The monoisotopic (exact) mass is 177 g/mol. The number of hydrogen-bond donors (Lipinski definition) is 0. The lowest BCUT2D eigenvalue weighted by Gasteiger charge is -2.02. The van der Waals surface area contributed by atoms with E-state index in [4.69, 9.17) is 4.74 Å². The second-order valence-electron chi connectivity index (χ2n) is 2.77. The molecule has 1 radical (unpaired) electrons. The van der Waals surface area contributed by atoms with Crippen molar-refractivity contribution in [2.24, 2.45) is 0 Å². The van der Waals surface area contributed by atoms with Crippen LogP contribution in [0.25, 0.3) is 0 Å². The van der Waals surface area contributed by atoms with Gasteiger partial charge in [-0.2, -0.15) is 0 Å². The van der Waals surface area contributed by atoms with Crippen molar-refractivity contribution in [2.45, 2.75) is 19.8 Å². The summed E-state index contributed by atoms with van der Waals surface area (Å²) in [7, 11) is 0. The zero-order valence-electron chi connectivity index (χ0n) is 7.75. The number of rotatable bonds is 4. The van der Waals surface area contributed by atoms with Crippen molar-refractivity contribution in [3.63, 3.8) is 0 Å². The molecule has 1 aromatic carbocycles. The molecule has 2 nitrogen and oxygen atoms in total. The molecule has 1 aromatic rings. The van der Waals surface area contributed by atoms with Gasteiger partial charge in [0, 0.05) is 0 Å². The van der Waals surface area contributed by atoms with Crippen LogP contribution in [0.2, 0.25) is 0 Å². The fourth-order valence-corrected chi connectivity index (χ4v) is 0.907. The molecule has 0 spiro atoms. The lowest BCUT2D eigenvalue weighted by molar-refractivity contribution is 0.0499. The van der Waals surface area contributed by atoms with E-state index in [1.165, 1.54) is 0 Å². The van der Waals surface area contributed by atoms with Crippen LogP contribution in [0.5, 0.6) is 0 Å². The third-order valence-corrected chi connectivity index (χ3v) is 1.66. The molecule has 0 saturated heterocycles. The van der Waals surface area contributed by atoms with Gasteiger partial charge in [0.2, 0.25) is 0 Å². The molecule has 0 saturated carbocycles. The summed E-state index contributed by atoms with van der Waals surface area (Å²) in [5, 5.41) is 0. The molecule has 0 fully saturated rings. The molecular formula is C11H13O2. The van der Waals surface area contributed by atoms with E-state index < -0.39 is 0 Å². The highest BCUT2D eigenvalue weighted by Crippen LogP contribution is 2.00. The summed E-state index contributed by atoms with van der Waals surface area (Å²) >= 11 is 0. The van der Waals surface area contributed by atoms with Gasteiger partial charge in [-0.15, -0.1) is 0 Å². The summed E-state index contributed by atoms with van der Waals surface area (Å²) in [5.41, 5.74) is 0.499. The average Bonchev–Trinajstić information content (AvgIpc) is 2.19. The van der Waals surface area contributed by atoms with E-state index in [0.717, 1.165) is 12.8 Å². The van der Waals surface area contributed by atoms with Crippen molar-refractivity contribution in [2.75, 3.05) is 6.61 Å². The third kappa shape index (κ3) is 3.28. The van der Waals surface area contributed by atoms with Gasteiger partial charge in [0.15, 0.2) is 0 Å². The summed E-state index contributed by atoms with van der Waals surface area (Å²) in [6.07, 6.45) is 1.95. The first-order chi connectivity index (χ1) is 6.34. The predicted octanol–water partition coefficient (Wildman–Crippen LogP) is 2.44. The predicted molar refractivity (Wildman–Crippen MR) is 50.5 cm³/mol. The number of hydrogen-bond acceptors (Lipinski definition) is 2. The van der Waals surface area contributed by atoms with Crippen molar-refractivity contribution in [3.05, 3.63) is 35.9 Å². The lowest BCUT2D eigenvalue weighted by Crippen LogP contribution is -2.05. The standard InChI is InChI=1S/C11H13O2/c1-2-3-9-13-11(12)10-7-5-4-6-8-10/h4-7H,2-3,9H2,1H3. The molecule has 0 N–H and O–H groups in total. The van der Waals surface area contributed by atoms with Gasteiger partial charge >= 0.3 is 5.97 Å². The molecule has 0 aromatic heterocycles. The fourth-order valence-electron chi connectivity index (χ4n) is 0.907. The van der Waals surface area contributed by atoms with E-state index in [0.29, 0.717) is 12.2 Å². The molecule has 2 heteroatoms. The van der Waals surface area contributed by atoms with E-state index in [-0.39, 0.29) is 5.97 Å². The topological polar surface area (TPSA) is 26.3 Å². The number of unbranched alkanes of at least 4 members (excludes halogenated alkanes) is 1. The van der Waals surface area contributed by atoms with E-state index >= 15 is 0 Å². The minimum Gasteiger partial charge on any atom is -0.462 e. The van der Waals surface area contributed by atoms with Gasteiger partial charge in [-0.25, -0.2) is 4.79 Å². The zero-order chi connectivity index (χ0) is 9.52. The van der Waals surface area contributed by atoms with Crippen molar-refractivity contribution < 1.29 is 9.53 Å². The Morgan fingerprint density at radius 2 is 2.38 bits per heavy atom. The second-order valence-corrected chi connectivity index (χ2v) is 2.77. The first-order valence-corrected chi connectivity index (χ1v) is 4.48. The first-order valence-electron chi connectivity index (χ1n) is 4.48. The Balaban J connectivity index is 2.40. The van der Waals surface area contributed by atoms with Gasteiger partial charge in [-0.05, 0) is 18.6 Å². The number of ether oxygens (including phenoxy) is 1. The first kappa shape index (κ1) is 9.78. The van der Waals surface area contributed by atoms with Crippen LogP contribution < -0.4 is 0 Å². The molecular weight excluding hydrogens is 164 g/mol. The maximum absolute atomic E-state index is 11.3. The number of benzene rings is 1. The van der Waals surface area contributed by atoms with Gasteiger partial charge in [0.1, 0.15) is 0 Å². The fraction of sp³-hybridized carbons (Fsp3) is 0.364. The Hall–Kier alpha value is -1.31. The van der Waals surface area contributed by atoms with E-state index in [1.807, 2.05) is 6.07 Å². The Kier molecular flexibility index (Phi) is 4.03. The number of carbonyl (C=O) groups excluding carboxylic acids is 1. The van der Waals surface area contributed by atoms with Gasteiger partial charge in [0.05, 0.1) is 12.2 Å². The zero-order valence-corrected chi connectivity index (χ0v) is 7.75. The maximum Gasteiger partial charge on any atom is 0.338 e. The smallest absolute Gasteiger partial charge is 0.338 e. The molecule has 1 rings (SSSR count). The molecule has 0 amide bonds. The molecule has 0 atom stereocenters. The summed E-state index contributed by atoms with van der Waals surface area (Å²) in [4.78, 5) is 11.3. The van der Waals surface area contributed by atoms with Crippen molar-refractivity contribution in [1.29, 1.82) is 0 Å². The minimum absolute atomic E-state index is 0.283. The second kappa shape index (κ2) is 5.36. The summed E-state index contributed by atoms with van der Waals surface area (Å²) in [6, 6.07) is 9.85. The molecule has 69 valence electrons. The van der Waals surface area contributed by atoms with Gasteiger partial charge in [-0.3, -0.25) is 0 Å². The Bertz CT molecular complexity index is 254. The molecule has 0 unspecified atom stereocenters. The van der Waals surface area contributed by atoms with Crippen molar-refractivity contribution >= 4 is 5.97 Å². The van der Waals surface area contributed by atoms with E-state index in [9.17, 15) is 4.79 Å². The molecule has 0 aliphatic carbocycles. The highest BCUT2D eigenvalue weighted by atomic mass is 16.5. The SMILES string of the molecule is CCCCOC(=O)c1[c]cccc1. The number of esters is 1. The van der Waals surface area contributed by atoms with Gasteiger partial charge in [0.25, 0.3) is 0 Å². The van der Waals surface area contributed by atoms with Crippen LogP contribution in [-0.4, -0.2) is 12.6 Å². The van der Waals surface area contributed by atoms with E-state index in [2.05, 4.69) is 13.0 Å². The normalized spacial score (nSPS) is 9.62. The number of carbonyl (C=O) groups is 1. The highest BCUT2D eigenvalue weighted by molar-refractivity contribution is 5.88. The lowest BCUT2D eigenvalue weighted by atomic mass is 10.2. The van der Waals surface area contributed by atoms with Crippen LogP contribution in [0.4, 0.5) is 0 Å². The minimum atomic E-state index is -0.283. The van der Waals surface area contributed by atoms with E-state index in [1.54, 1.807) is 18.2 Å². The van der Waals surface area contributed by atoms with Crippen molar-refractivity contribution in [3.8, 4) is 0 Å². The third-order valence-electron chi connectivity index (χ3n) is 1.66. The average molecular weight is 177 g/mol. The summed E-state index contributed by atoms with van der Waals surface area (Å²) in [5.74, 6) is -0.283. The van der Waals surface area contributed by atoms with Crippen LogP contribution in [0.3, 0.4) is 0 Å². The molecule has 0 bridgehead atoms. The summed E-state index contributed by atoms with van der Waals surface area (Å²) < 4.78 is 5.00. The Morgan fingerprint density at radius 3 is 3.00 bits per heavy atom. The van der Waals surface area contributed by atoms with Crippen LogP contribution >= 0.6 is 0 Å². The Morgan fingerprint density at radius 1 is 1.54 bits per heavy atom. The highest BCUT2D eigenvalue weighted by Gasteiger charge is 2.04. The molecule has 0 heterocycles. The quantitative estimate of drug-likeness (QED) is 0.521. The maximum atomic E-state index is 11.3. The van der Waals surface area contributed by atoms with Crippen molar-refractivity contribution in [1.82, 2.24) is 0 Å².